The second kappa shape index (κ2) is 5.16. The van der Waals surface area contributed by atoms with Gasteiger partial charge in [-0.15, -0.1) is 0 Å². The fraction of sp³-hybridized carbons (Fsp3) is 0.700. The summed E-state index contributed by atoms with van der Waals surface area (Å²) in [6, 6.07) is -0.520. The topological polar surface area (TPSA) is 92.4 Å². The standard InChI is InChI=1S/C10H18N2O4S/c1-6(2)9(5-13)12-17(14,15)10-7(3)11-16-8(10)4/h6,9,12-13H,5H2,1-4H3/t9-/m1/s1. The van der Waals surface area contributed by atoms with Gasteiger partial charge < -0.3 is 9.63 Å². The first kappa shape index (κ1) is 14.1. The van der Waals surface area contributed by atoms with Crippen LogP contribution in [0.4, 0.5) is 0 Å². The Kier molecular flexibility index (Phi) is 4.29. The van der Waals surface area contributed by atoms with Gasteiger partial charge in [-0.3, -0.25) is 0 Å². The highest BCUT2D eigenvalue weighted by Gasteiger charge is 2.27. The summed E-state index contributed by atoms with van der Waals surface area (Å²) < 4.78 is 31.4. The maximum atomic E-state index is 12.1. The molecule has 0 aromatic carbocycles. The van der Waals surface area contributed by atoms with Gasteiger partial charge in [-0.05, 0) is 19.8 Å². The minimum atomic E-state index is -3.70. The van der Waals surface area contributed by atoms with Gasteiger partial charge in [0.1, 0.15) is 10.6 Å². The third-order valence-electron chi connectivity index (χ3n) is 2.54. The summed E-state index contributed by atoms with van der Waals surface area (Å²) in [5.74, 6) is 0.241. The number of aliphatic hydroxyl groups is 1. The highest BCUT2D eigenvalue weighted by atomic mass is 32.2. The highest BCUT2D eigenvalue weighted by Crippen LogP contribution is 2.19. The van der Waals surface area contributed by atoms with Gasteiger partial charge in [0, 0.05) is 6.04 Å². The Morgan fingerprint density at radius 3 is 2.35 bits per heavy atom. The molecule has 0 bridgehead atoms. The van der Waals surface area contributed by atoms with E-state index in [9.17, 15) is 8.42 Å². The summed E-state index contributed by atoms with van der Waals surface area (Å²) in [6.45, 7) is 6.51. The van der Waals surface area contributed by atoms with E-state index in [1.807, 2.05) is 13.8 Å². The van der Waals surface area contributed by atoms with Crippen LogP contribution in [0, 0.1) is 19.8 Å². The molecule has 1 rings (SSSR count). The molecule has 1 aromatic rings. The van der Waals surface area contributed by atoms with E-state index in [2.05, 4.69) is 9.88 Å². The van der Waals surface area contributed by atoms with Crippen molar-refractivity contribution in [3.63, 3.8) is 0 Å². The predicted octanol–water partition coefficient (Wildman–Crippen LogP) is 0.587. The van der Waals surface area contributed by atoms with Gasteiger partial charge in [0.05, 0.1) is 6.61 Å². The molecule has 98 valence electrons. The molecule has 1 aromatic heterocycles. The molecule has 0 aliphatic heterocycles. The Bertz CT molecular complexity index is 459. The Hall–Kier alpha value is -0.920. The third kappa shape index (κ3) is 3.05. The molecule has 2 N–H and O–H groups in total. The number of nitrogens with one attached hydrogen (secondary N) is 1. The fourth-order valence-corrected chi connectivity index (χ4v) is 3.21. The summed E-state index contributed by atoms with van der Waals surface area (Å²) in [7, 11) is -3.70. The first-order valence-corrected chi connectivity index (χ1v) is 6.84. The minimum Gasteiger partial charge on any atom is -0.395 e. The van der Waals surface area contributed by atoms with E-state index in [4.69, 9.17) is 9.63 Å². The van der Waals surface area contributed by atoms with E-state index in [0.29, 0.717) is 5.69 Å². The van der Waals surface area contributed by atoms with Gasteiger partial charge in [-0.25, -0.2) is 13.1 Å². The van der Waals surface area contributed by atoms with Crippen LogP contribution in [0.2, 0.25) is 0 Å². The lowest BCUT2D eigenvalue weighted by atomic mass is 10.1. The second-order valence-electron chi connectivity index (χ2n) is 4.31. The van der Waals surface area contributed by atoms with E-state index >= 15 is 0 Å². The van der Waals surface area contributed by atoms with Crippen molar-refractivity contribution in [3.05, 3.63) is 11.5 Å². The second-order valence-corrected chi connectivity index (χ2v) is 5.96. The molecule has 0 aliphatic rings. The molecule has 0 saturated heterocycles. The molecule has 0 fully saturated rings. The SMILES string of the molecule is Cc1noc(C)c1S(=O)(=O)N[C@H](CO)C(C)C. The van der Waals surface area contributed by atoms with Crippen LogP contribution in [0.15, 0.2) is 9.42 Å². The van der Waals surface area contributed by atoms with Crippen molar-refractivity contribution in [2.24, 2.45) is 5.92 Å². The molecule has 0 saturated carbocycles. The number of hydrogen-bond acceptors (Lipinski definition) is 5. The van der Waals surface area contributed by atoms with Gasteiger partial charge >= 0.3 is 0 Å². The molecule has 1 atom stereocenters. The summed E-state index contributed by atoms with van der Waals surface area (Å²) in [4.78, 5) is 0.0524. The molecular formula is C10H18N2O4S. The number of aromatic nitrogens is 1. The number of aryl methyl sites for hydroxylation is 2. The molecule has 0 amide bonds. The number of aliphatic hydroxyl groups excluding tert-OH is 1. The van der Waals surface area contributed by atoms with Crippen LogP contribution in [0.3, 0.4) is 0 Å². The molecule has 0 spiro atoms. The molecule has 6 nitrogen and oxygen atoms in total. The average molecular weight is 262 g/mol. The van der Waals surface area contributed by atoms with Gasteiger partial charge in [0.15, 0.2) is 5.76 Å². The van der Waals surface area contributed by atoms with E-state index in [1.54, 1.807) is 6.92 Å². The fourth-order valence-electron chi connectivity index (χ4n) is 1.50. The average Bonchev–Trinajstić information content (AvgIpc) is 2.55. The summed E-state index contributed by atoms with van der Waals surface area (Å²) in [6.07, 6.45) is 0. The first-order chi connectivity index (χ1) is 7.79. The number of sulfonamides is 1. The Balaban J connectivity index is 3.05. The van der Waals surface area contributed by atoms with Crippen molar-refractivity contribution >= 4 is 10.0 Å². The Labute approximate surface area is 101 Å². The van der Waals surface area contributed by atoms with Gasteiger partial charge in [0.25, 0.3) is 0 Å². The molecule has 17 heavy (non-hydrogen) atoms. The van der Waals surface area contributed by atoms with Crippen LogP contribution in [-0.4, -0.2) is 31.3 Å². The number of rotatable bonds is 5. The largest absolute Gasteiger partial charge is 0.395 e. The van der Waals surface area contributed by atoms with Crippen LogP contribution in [0.25, 0.3) is 0 Å². The van der Waals surface area contributed by atoms with Crippen LogP contribution < -0.4 is 4.72 Å². The Morgan fingerprint density at radius 2 is 2.00 bits per heavy atom. The maximum absolute atomic E-state index is 12.1. The van der Waals surface area contributed by atoms with Gasteiger partial charge in [-0.2, -0.15) is 0 Å². The van der Waals surface area contributed by atoms with Crippen LogP contribution in [0.5, 0.6) is 0 Å². The predicted molar refractivity (Wildman–Crippen MR) is 62.0 cm³/mol. The lowest BCUT2D eigenvalue weighted by Crippen LogP contribution is -2.41. The number of nitrogens with zero attached hydrogens (tertiary/aromatic N) is 1. The van der Waals surface area contributed by atoms with E-state index in [0.717, 1.165) is 0 Å². The maximum Gasteiger partial charge on any atom is 0.246 e. The molecule has 0 unspecified atom stereocenters. The number of hydrogen-bond donors (Lipinski definition) is 2. The first-order valence-electron chi connectivity index (χ1n) is 5.35. The van der Waals surface area contributed by atoms with Crippen LogP contribution in [-0.2, 0) is 10.0 Å². The molecule has 7 heteroatoms. The van der Waals surface area contributed by atoms with Crippen LogP contribution >= 0.6 is 0 Å². The van der Waals surface area contributed by atoms with Gasteiger partial charge in [-0.1, -0.05) is 19.0 Å². The summed E-state index contributed by atoms with van der Waals surface area (Å²) >= 11 is 0. The zero-order chi connectivity index (χ0) is 13.2. The molecule has 0 radical (unpaired) electrons. The van der Waals surface area contributed by atoms with E-state index in [1.165, 1.54) is 6.92 Å². The zero-order valence-corrected chi connectivity index (χ0v) is 11.2. The normalized spacial score (nSPS) is 14.2. The zero-order valence-electron chi connectivity index (χ0n) is 10.4. The lowest BCUT2D eigenvalue weighted by Gasteiger charge is -2.19. The smallest absolute Gasteiger partial charge is 0.246 e. The molecular weight excluding hydrogens is 244 g/mol. The van der Waals surface area contributed by atoms with Crippen molar-refractivity contribution in [3.8, 4) is 0 Å². The molecule has 0 aliphatic carbocycles. The van der Waals surface area contributed by atoms with Crippen LogP contribution in [0.1, 0.15) is 25.3 Å². The van der Waals surface area contributed by atoms with Crippen molar-refractivity contribution in [2.75, 3.05) is 6.61 Å². The monoisotopic (exact) mass is 262 g/mol. The highest BCUT2D eigenvalue weighted by molar-refractivity contribution is 7.89. The quantitative estimate of drug-likeness (QED) is 0.810. The van der Waals surface area contributed by atoms with Crippen molar-refractivity contribution in [2.45, 2.75) is 38.6 Å². The van der Waals surface area contributed by atoms with Crippen molar-refractivity contribution in [1.29, 1.82) is 0 Å². The summed E-state index contributed by atoms with van der Waals surface area (Å²) in [5, 5.41) is 12.7. The summed E-state index contributed by atoms with van der Waals surface area (Å²) in [5.41, 5.74) is 0.315. The van der Waals surface area contributed by atoms with E-state index in [-0.39, 0.29) is 23.2 Å². The lowest BCUT2D eigenvalue weighted by molar-refractivity contribution is 0.227. The Morgan fingerprint density at radius 1 is 1.41 bits per heavy atom. The molecule has 1 heterocycles. The van der Waals surface area contributed by atoms with Gasteiger partial charge in [0.2, 0.25) is 10.0 Å². The van der Waals surface area contributed by atoms with E-state index < -0.39 is 16.1 Å². The third-order valence-corrected chi connectivity index (χ3v) is 4.28. The van der Waals surface area contributed by atoms with Crippen molar-refractivity contribution < 1.29 is 18.0 Å². The minimum absolute atomic E-state index is 0.00440. The van der Waals surface area contributed by atoms with Crippen molar-refractivity contribution in [1.82, 2.24) is 9.88 Å².